The maximum atomic E-state index is 13.5. The van der Waals surface area contributed by atoms with Gasteiger partial charge in [-0.15, -0.1) is 12.4 Å². The monoisotopic (exact) mass is 280 g/mol. The molecule has 1 aromatic carbocycles. The van der Waals surface area contributed by atoms with Crippen molar-refractivity contribution in [1.29, 1.82) is 0 Å². The van der Waals surface area contributed by atoms with Crippen LogP contribution in [0, 0.1) is 5.82 Å². The third-order valence-electron chi connectivity index (χ3n) is 2.66. The van der Waals surface area contributed by atoms with E-state index >= 15 is 0 Å². The molecule has 1 heterocycles. The largest absolute Gasteiger partial charge is 0.386 e. The predicted molar refractivity (Wildman–Crippen MR) is 71.2 cm³/mol. The molecule has 0 unspecified atom stereocenters. The van der Waals surface area contributed by atoms with Gasteiger partial charge in [-0.05, 0) is 12.1 Å². The van der Waals surface area contributed by atoms with Crippen molar-refractivity contribution in [3.63, 3.8) is 0 Å². The minimum Gasteiger partial charge on any atom is -0.386 e. The maximum absolute atomic E-state index is 13.5. The van der Waals surface area contributed by atoms with Crippen molar-refractivity contribution in [3.8, 4) is 0 Å². The van der Waals surface area contributed by atoms with Gasteiger partial charge in [0.25, 0.3) is 0 Å². The second-order valence-corrected chi connectivity index (χ2v) is 4.05. The third-order valence-corrected chi connectivity index (χ3v) is 2.93. The highest BCUT2D eigenvalue weighted by Gasteiger charge is 2.15. The van der Waals surface area contributed by atoms with E-state index in [1.165, 1.54) is 0 Å². The van der Waals surface area contributed by atoms with Crippen molar-refractivity contribution >= 4 is 35.4 Å². The number of nitrogens with zero attached hydrogens (tertiary/aromatic N) is 1. The minimum atomic E-state index is -0.402. The van der Waals surface area contributed by atoms with E-state index in [-0.39, 0.29) is 17.4 Å². The summed E-state index contributed by atoms with van der Waals surface area (Å²) in [6, 6.07) is 3.43. The van der Waals surface area contributed by atoms with Crippen LogP contribution in [0.15, 0.2) is 12.1 Å². The molecule has 0 radical (unpaired) electrons. The Kier molecular flexibility index (Phi) is 5.31. The molecule has 17 heavy (non-hydrogen) atoms. The van der Waals surface area contributed by atoms with E-state index in [1.807, 2.05) is 0 Å². The summed E-state index contributed by atoms with van der Waals surface area (Å²) in [6.45, 7) is 3.02. The first kappa shape index (κ1) is 14.4. The zero-order chi connectivity index (χ0) is 11.5. The Morgan fingerprint density at radius 2 is 2.00 bits per heavy atom. The van der Waals surface area contributed by atoms with Gasteiger partial charge in [-0.3, -0.25) is 0 Å². The molecule has 0 amide bonds. The second kappa shape index (κ2) is 6.28. The van der Waals surface area contributed by atoms with E-state index in [4.69, 9.17) is 16.3 Å². The van der Waals surface area contributed by atoms with Crippen molar-refractivity contribution in [3.05, 3.63) is 23.0 Å². The lowest BCUT2D eigenvalue weighted by Gasteiger charge is -2.29. The molecule has 1 N–H and O–H groups in total. The van der Waals surface area contributed by atoms with Crippen LogP contribution in [0.1, 0.15) is 0 Å². The topological polar surface area (TPSA) is 24.5 Å². The average Bonchev–Trinajstić information content (AvgIpc) is 2.33. The lowest BCUT2D eigenvalue weighted by atomic mass is 10.2. The Balaban J connectivity index is 0.00000144. The summed E-state index contributed by atoms with van der Waals surface area (Å²) in [4.78, 5) is 2.13. The second-order valence-electron chi connectivity index (χ2n) is 3.64. The molecule has 0 spiro atoms. The number of ether oxygens (including phenoxy) is 1. The van der Waals surface area contributed by atoms with E-state index in [9.17, 15) is 4.39 Å². The number of nitrogens with one attached hydrogen (secondary N) is 1. The fraction of sp³-hybridized carbons (Fsp3) is 0.455. The number of benzene rings is 1. The highest BCUT2D eigenvalue weighted by molar-refractivity contribution is 6.31. The van der Waals surface area contributed by atoms with Crippen LogP contribution < -0.4 is 10.2 Å². The molecule has 1 aliphatic rings. The molecule has 0 aliphatic carbocycles. The number of morpholine rings is 1. The van der Waals surface area contributed by atoms with Gasteiger partial charge in [-0.1, -0.05) is 11.6 Å². The van der Waals surface area contributed by atoms with Gasteiger partial charge in [0, 0.05) is 25.8 Å². The van der Waals surface area contributed by atoms with Crippen molar-refractivity contribution in [1.82, 2.24) is 0 Å². The first-order chi connectivity index (χ1) is 7.72. The molecule has 2 rings (SSSR count). The van der Waals surface area contributed by atoms with Gasteiger partial charge < -0.3 is 15.0 Å². The van der Waals surface area contributed by atoms with Gasteiger partial charge in [-0.2, -0.15) is 0 Å². The molecule has 1 aliphatic heterocycles. The quantitative estimate of drug-likeness (QED) is 0.902. The van der Waals surface area contributed by atoms with Crippen LogP contribution in [-0.4, -0.2) is 33.4 Å². The van der Waals surface area contributed by atoms with Crippen LogP contribution in [0.25, 0.3) is 0 Å². The maximum Gasteiger partial charge on any atom is 0.164 e. The Hall–Kier alpha value is -0.710. The molecule has 0 aromatic heterocycles. The van der Waals surface area contributed by atoms with E-state index in [0.29, 0.717) is 18.9 Å². The Morgan fingerprint density at radius 3 is 2.59 bits per heavy atom. The van der Waals surface area contributed by atoms with Gasteiger partial charge >= 0.3 is 0 Å². The van der Waals surface area contributed by atoms with Crippen LogP contribution in [0.2, 0.25) is 5.02 Å². The fourth-order valence-electron chi connectivity index (χ4n) is 1.76. The standard InChI is InChI=1S/C11H14ClFN2O.ClH/c1-14-10-7-8(6-9(12)11(10)13)15-2-4-16-5-3-15;/h6-7,14H,2-5H2,1H3;1H. The van der Waals surface area contributed by atoms with Gasteiger partial charge in [0.2, 0.25) is 0 Å². The van der Waals surface area contributed by atoms with Crippen molar-refractivity contribution in [2.24, 2.45) is 0 Å². The Labute approximate surface area is 111 Å². The van der Waals surface area contributed by atoms with Crippen molar-refractivity contribution in [2.75, 3.05) is 43.6 Å². The van der Waals surface area contributed by atoms with E-state index in [0.717, 1.165) is 18.8 Å². The van der Waals surface area contributed by atoms with Crippen molar-refractivity contribution in [2.45, 2.75) is 0 Å². The lowest BCUT2D eigenvalue weighted by Crippen LogP contribution is -2.36. The molecular weight excluding hydrogens is 266 g/mol. The van der Waals surface area contributed by atoms with E-state index in [1.54, 1.807) is 19.2 Å². The molecule has 1 aromatic rings. The minimum absolute atomic E-state index is 0. The fourth-order valence-corrected chi connectivity index (χ4v) is 1.97. The first-order valence-corrected chi connectivity index (χ1v) is 5.59. The molecule has 0 saturated carbocycles. The summed E-state index contributed by atoms with van der Waals surface area (Å²) in [5.74, 6) is -0.402. The summed E-state index contributed by atoms with van der Waals surface area (Å²) >= 11 is 5.84. The molecule has 3 nitrogen and oxygen atoms in total. The third kappa shape index (κ3) is 3.15. The highest BCUT2D eigenvalue weighted by atomic mass is 35.5. The van der Waals surface area contributed by atoms with Crippen LogP contribution in [0.4, 0.5) is 15.8 Å². The number of halogens is 3. The number of rotatable bonds is 2. The number of hydrogen-bond donors (Lipinski definition) is 1. The highest BCUT2D eigenvalue weighted by Crippen LogP contribution is 2.29. The van der Waals surface area contributed by atoms with Crippen molar-refractivity contribution < 1.29 is 9.13 Å². The summed E-state index contributed by atoms with van der Waals surface area (Å²) in [5, 5.41) is 2.94. The normalized spacial score (nSPS) is 15.4. The summed E-state index contributed by atoms with van der Waals surface area (Å²) in [7, 11) is 1.68. The molecule has 0 atom stereocenters. The molecule has 0 bridgehead atoms. The SMILES string of the molecule is CNc1cc(N2CCOCC2)cc(Cl)c1F.Cl. The Bertz CT molecular complexity index is 384. The molecule has 6 heteroatoms. The summed E-state index contributed by atoms with van der Waals surface area (Å²) < 4.78 is 18.8. The molecule has 1 fully saturated rings. The van der Waals surface area contributed by atoms with Crippen LogP contribution >= 0.6 is 24.0 Å². The van der Waals surface area contributed by atoms with Crippen LogP contribution in [0.5, 0.6) is 0 Å². The number of hydrogen-bond acceptors (Lipinski definition) is 3. The van der Waals surface area contributed by atoms with Crippen LogP contribution in [-0.2, 0) is 4.74 Å². The summed E-state index contributed by atoms with van der Waals surface area (Å²) in [5.41, 5.74) is 1.35. The van der Waals surface area contributed by atoms with Gasteiger partial charge in [0.15, 0.2) is 5.82 Å². The van der Waals surface area contributed by atoms with Crippen LogP contribution in [0.3, 0.4) is 0 Å². The smallest absolute Gasteiger partial charge is 0.164 e. The van der Waals surface area contributed by atoms with Gasteiger partial charge in [0.1, 0.15) is 0 Å². The summed E-state index contributed by atoms with van der Waals surface area (Å²) in [6.07, 6.45) is 0. The molecule has 96 valence electrons. The van der Waals surface area contributed by atoms with Gasteiger partial charge in [0.05, 0.1) is 23.9 Å². The lowest BCUT2D eigenvalue weighted by molar-refractivity contribution is 0.122. The predicted octanol–water partition coefficient (Wildman–Crippen LogP) is 2.78. The van der Waals surface area contributed by atoms with E-state index in [2.05, 4.69) is 10.2 Å². The number of anilines is 2. The van der Waals surface area contributed by atoms with Gasteiger partial charge in [-0.25, -0.2) is 4.39 Å². The first-order valence-electron chi connectivity index (χ1n) is 5.22. The molecule has 1 saturated heterocycles. The average molecular weight is 281 g/mol. The Morgan fingerprint density at radius 1 is 1.35 bits per heavy atom. The zero-order valence-electron chi connectivity index (χ0n) is 9.50. The zero-order valence-corrected chi connectivity index (χ0v) is 11.1. The van der Waals surface area contributed by atoms with E-state index < -0.39 is 5.82 Å². The molecular formula is C11H15Cl2FN2O.